The molecule has 100 valence electrons. The van der Waals surface area contributed by atoms with Crippen LogP contribution in [0, 0.1) is 5.92 Å². The Labute approximate surface area is 122 Å². The highest BCUT2D eigenvalue weighted by Crippen LogP contribution is 2.30. The molecule has 0 saturated carbocycles. The molecule has 3 rings (SSSR count). The first-order valence-corrected chi connectivity index (χ1v) is 8.63. The van der Waals surface area contributed by atoms with E-state index in [1.54, 1.807) is 11.3 Å². The van der Waals surface area contributed by atoms with Crippen molar-refractivity contribution in [3.8, 4) is 11.3 Å². The Bertz CT molecular complexity index is 504. The zero-order chi connectivity index (χ0) is 12.9. The quantitative estimate of drug-likeness (QED) is 0.864. The molecule has 0 spiro atoms. The molecule has 1 aliphatic rings. The predicted molar refractivity (Wildman–Crippen MR) is 83.9 cm³/mol. The third kappa shape index (κ3) is 3.59. The first-order chi connectivity index (χ1) is 9.42. The van der Waals surface area contributed by atoms with Crippen molar-refractivity contribution in [3.63, 3.8) is 0 Å². The number of rotatable bonds is 4. The van der Waals surface area contributed by atoms with E-state index in [1.807, 2.05) is 17.8 Å². The van der Waals surface area contributed by atoms with Crippen molar-refractivity contribution in [2.45, 2.75) is 17.2 Å². The van der Waals surface area contributed by atoms with Crippen LogP contribution in [0.4, 0.5) is 0 Å². The first kappa shape index (κ1) is 13.2. The Morgan fingerprint density at radius 2 is 2.21 bits per heavy atom. The lowest BCUT2D eigenvalue weighted by atomic mass is 10.0. The summed E-state index contributed by atoms with van der Waals surface area (Å²) >= 11 is 3.67. The van der Waals surface area contributed by atoms with Crippen LogP contribution in [0.15, 0.2) is 40.1 Å². The Kier molecular flexibility index (Phi) is 4.53. The van der Waals surface area contributed by atoms with Gasteiger partial charge in [-0.3, -0.25) is 0 Å². The molecule has 2 nitrogen and oxygen atoms in total. The van der Waals surface area contributed by atoms with Crippen molar-refractivity contribution in [2.24, 2.45) is 5.92 Å². The maximum atomic E-state index is 4.73. The highest BCUT2D eigenvalue weighted by Gasteiger charge is 2.14. The molecule has 19 heavy (non-hydrogen) atoms. The summed E-state index contributed by atoms with van der Waals surface area (Å²) in [7, 11) is 0. The van der Waals surface area contributed by atoms with Crippen LogP contribution >= 0.6 is 23.1 Å². The van der Waals surface area contributed by atoms with E-state index in [9.17, 15) is 0 Å². The van der Waals surface area contributed by atoms with E-state index < -0.39 is 0 Å². The minimum absolute atomic E-state index is 0.808. The molecule has 0 bridgehead atoms. The van der Waals surface area contributed by atoms with E-state index >= 15 is 0 Å². The molecule has 1 fully saturated rings. The van der Waals surface area contributed by atoms with Crippen LogP contribution in [-0.4, -0.2) is 23.8 Å². The van der Waals surface area contributed by atoms with Crippen molar-refractivity contribution in [2.75, 3.05) is 18.8 Å². The van der Waals surface area contributed by atoms with Gasteiger partial charge in [-0.25, -0.2) is 4.98 Å². The van der Waals surface area contributed by atoms with Gasteiger partial charge in [-0.05, 0) is 31.8 Å². The van der Waals surface area contributed by atoms with Gasteiger partial charge < -0.3 is 5.32 Å². The summed E-state index contributed by atoms with van der Waals surface area (Å²) in [5.41, 5.74) is 2.32. The van der Waals surface area contributed by atoms with Gasteiger partial charge in [-0.1, -0.05) is 42.1 Å². The van der Waals surface area contributed by atoms with Crippen molar-refractivity contribution in [1.29, 1.82) is 0 Å². The van der Waals surface area contributed by atoms with E-state index in [2.05, 4.69) is 35.0 Å². The third-order valence-corrected chi connectivity index (χ3v) is 5.65. The number of hydrogen-bond donors (Lipinski definition) is 1. The van der Waals surface area contributed by atoms with Gasteiger partial charge >= 0.3 is 0 Å². The van der Waals surface area contributed by atoms with Gasteiger partial charge in [-0.15, -0.1) is 11.3 Å². The molecule has 1 N–H and O–H groups in total. The minimum Gasteiger partial charge on any atom is -0.316 e. The molecule has 4 heteroatoms. The van der Waals surface area contributed by atoms with Crippen molar-refractivity contribution < 1.29 is 0 Å². The molecule has 0 amide bonds. The first-order valence-electron chi connectivity index (χ1n) is 6.76. The van der Waals surface area contributed by atoms with Crippen molar-refractivity contribution in [1.82, 2.24) is 10.3 Å². The number of nitrogens with one attached hydrogen (secondary N) is 1. The SMILES string of the molecule is c1ccc(-c2csc(SCC3CCCNC3)n2)cc1. The maximum absolute atomic E-state index is 4.73. The maximum Gasteiger partial charge on any atom is 0.150 e. The van der Waals surface area contributed by atoms with E-state index in [0.29, 0.717) is 0 Å². The van der Waals surface area contributed by atoms with Crippen LogP contribution in [-0.2, 0) is 0 Å². The highest BCUT2D eigenvalue weighted by atomic mass is 32.2. The monoisotopic (exact) mass is 290 g/mol. The number of thioether (sulfide) groups is 1. The van der Waals surface area contributed by atoms with Crippen molar-refractivity contribution in [3.05, 3.63) is 35.7 Å². The fourth-order valence-corrected chi connectivity index (χ4v) is 4.32. The Morgan fingerprint density at radius 3 is 3.00 bits per heavy atom. The standard InChI is InChI=1S/C15H18N2S2/c1-2-6-13(7-3-1)14-11-19-15(17-14)18-10-12-5-4-8-16-9-12/h1-3,6-7,11-12,16H,4-5,8-10H2. The van der Waals surface area contributed by atoms with Crippen LogP contribution in [0.3, 0.4) is 0 Å². The zero-order valence-corrected chi connectivity index (χ0v) is 12.5. The molecule has 1 unspecified atom stereocenters. The molecule has 2 aromatic rings. The molecular formula is C15H18N2S2. The number of benzene rings is 1. The number of nitrogens with zero attached hydrogens (tertiary/aromatic N) is 1. The molecule has 2 heterocycles. The summed E-state index contributed by atoms with van der Waals surface area (Å²) in [6, 6.07) is 10.4. The van der Waals surface area contributed by atoms with Crippen LogP contribution in [0.25, 0.3) is 11.3 Å². The largest absolute Gasteiger partial charge is 0.316 e. The van der Waals surface area contributed by atoms with E-state index in [-0.39, 0.29) is 0 Å². The average molecular weight is 290 g/mol. The van der Waals surface area contributed by atoms with Gasteiger partial charge in [-0.2, -0.15) is 0 Å². The van der Waals surface area contributed by atoms with Gasteiger partial charge in [0.05, 0.1) is 5.69 Å². The Morgan fingerprint density at radius 1 is 1.32 bits per heavy atom. The van der Waals surface area contributed by atoms with E-state index in [1.165, 1.54) is 41.6 Å². The summed E-state index contributed by atoms with van der Waals surface area (Å²) in [6.45, 7) is 2.36. The molecule has 1 atom stereocenters. The van der Waals surface area contributed by atoms with Crippen LogP contribution in [0.1, 0.15) is 12.8 Å². The molecule has 1 aromatic heterocycles. The minimum atomic E-state index is 0.808. The molecular weight excluding hydrogens is 272 g/mol. The molecule has 0 radical (unpaired) electrons. The molecule has 1 aromatic carbocycles. The second kappa shape index (κ2) is 6.55. The number of thiazole rings is 1. The van der Waals surface area contributed by atoms with Gasteiger partial charge in [0, 0.05) is 16.7 Å². The lowest BCUT2D eigenvalue weighted by Gasteiger charge is -2.21. The smallest absolute Gasteiger partial charge is 0.150 e. The van der Waals surface area contributed by atoms with Crippen molar-refractivity contribution >= 4 is 23.1 Å². The summed E-state index contributed by atoms with van der Waals surface area (Å²) in [5.74, 6) is 2.00. The zero-order valence-electron chi connectivity index (χ0n) is 10.8. The van der Waals surface area contributed by atoms with Gasteiger partial charge in [0.15, 0.2) is 4.34 Å². The summed E-state index contributed by atoms with van der Waals surface area (Å²) < 4.78 is 1.20. The van der Waals surface area contributed by atoms with Crippen LogP contribution < -0.4 is 5.32 Å². The Balaban J connectivity index is 1.59. The summed E-state index contributed by atoms with van der Waals surface area (Å²) in [6.07, 6.45) is 2.68. The second-order valence-corrected chi connectivity index (χ2v) is 7.01. The normalized spacial score (nSPS) is 19.5. The molecule has 1 aliphatic heterocycles. The number of piperidine rings is 1. The van der Waals surface area contributed by atoms with Gasteiger partial charge in [0.25, 0.3) is 0 Å². The fourth-order valence-electron chi connectivity index (χ4n) is 2.32. The van der Waals surface area contributed by atoms with Gasteiger partial charge in [0.1, 0.15) is 0 Å². The molecule has 0 aliphatic carbocycles. The lowest BCUT2D eigenvalue weighted by Crippen LogP contribution is -2.30. The summed E-state index contributed by atoms with van der Waals surface area (Å²) in [5, 5.41) is 5.64. The van der Waals surface area contributed by atoms with Gasteiger partial charge in [0.2, 0.25) is 0 Å². The fraction of sp³-hybridized carbons (Fsp3) is 0.400. The topological polar surface area (TPSA) is 24.9 Å². The van der Waals surface area contributed by atoms with E-state index in [4.69, 9.17) is 4.98 Å². The predicted octanol–water partition coefficient (Wildman–Crippen LogP) is 3.90. The number of aromatic nitrogens is 1. The van der Waals surface area contributed by atoms with Crippen LogP contribution in [0.5, 0.6) is 0 Å². The molecule has 1 saturated heterocycles. The Hall–Kier alpha value is -0.840. The van der Waals surface area contributed by atoms with E-state index in [0.717, 1.165) is 11.6 Å². The number of hydrogen-bond acceptors (Lipinski definition) is 4. The highest BCUT2D eigenvalue weighted by molar-refractivity contribution is 8.01. The third-order valence-electron chi connectivity index (χ3n) is 3.39. The second-order valence-electron chi connectivity index (χ2n) is 4.89. The average Bonchev–Trinajstić information content (AvgIpc) is 2.96. The van der Waals surface area contributed by atoms with Crippen LogP contribution in [0.2, 0.25) is 0 Å². The summed E-state index contributed by atoms with van der Waals surface area (Å²) in [4.78, 5) is 4.73. The lowest BCUT2D eigenvalue weighted by molar-refractivity contribution is 0.410.